The van der Waals surface area contributed by atoms with Crippen LogP contribution in [-0.2, 0) is 23.2 Å². The molecule has 0 saturated heterocycles. The number of nitrogens with one attached hydrogen (secondary N) is 1. The minimum absolute atomic E-state index is 0.0415. The standard InChI is InChI=1S/C18H20F3N3O2S/c1-17(2,3)14-9-15(22-26-14)23-27-13-5-4-11-6-7-24(10-12(11)8-13)16(25)18(19,20)21/h4-5,8-9H,6-7,10H2,1-3H3,(H,22,23). The number of rotatable bonds is 3. The SMILES string of the molecule is CC(C)(C)c1cc(NSc2ccc3c(c2)CN(C(=O)C(F)(F)F)CC3)no1. The predicted octanol–water partition coefficient (Wildman–Crippen LogP) is 4.54. The number of halogens is 3. The smallest absolute Gasteiger partial charge is 0.359 e. The first kappa shape index (κ1) is 19.6. The number of hydrogen-bond acceptors (Lipinski definition) is 5. The van der Waals surface area contributed by atoms with E-state index in [0.29, 0.717) is 12.2 Å². The average molecular weight is 399 g/mol. The minimum Gasteiger partial charge on any atom is -0.359 e. The molecule has 0 radical (unpaired) electrons. The molecule has 1 aliphatic heterocycles. The Morgan fingerprint density at radius 1 is 1.22 bits per heavy atom. The summed E-state index contributed by atoms with van der Waals surface area (Å²) < 4.78 is 46.4. The van der Waals surface area contributed by atoms with Crippen molar-refractivity contribution in [1.82, 2.24) is 10.1 Å². The van der Waals surface area contributed by atoms with Crippen LogP contribution in [0.15, 0.2) is 33.7 Å². The van der Waals surface area contributed by atoms with Crippen LogP contribution >= 0.6 is 11.9 Å². The van der Waals surface area contributed by atoms with Crippen molar-refractivity contribution in [3.8, 4) is 0 Å². The molecule has 27 heavy (non-hydrogen) atoms. The van der Waals surface area contributed by atoms with Crippen LogP contribution in [0.5, 0.6) is 0 Å². The summed E-state index contributed by atoms with van der Waals surface area (Å²) in [5.41, 5.74) is 1.53. The summed E-state index contributed by atoms with van der Waals surface area (Å²) in [5, 5.41) is 3.96. The van der Waals surface area contributed by atoms with Crippen LogP contribution in [-0.4, -0.2) is 28.7 Å². The van der Waals surface area contributed by atoms with E-state index in [1.54, 1.807) is 6.07 Å². The zero-order chi connectivity index (χ0) is 19.8. The van der Waals surface area contributed by atoms with E-state index in [9.17, 15) is 18.0 Å². The molecule has 0 spiro atoms. The summed E-state index contributed by atoms with van der Waals surface area (Å²) in [7, 11) is 0. The van der Waals surface area contributed by atoms with Crippen LogP contribution in [0, 0.1) is 0 Å². The molecule has 0 fully saturated rings. The van der Waals surface area contributed by atoms with Gasteiger partial charge in [-0.25, -0.2) is 0 Å². The summed E-state index contributed by atoms with van der Waals surface area (Å²) in [6.07, 6.45) is -4.43. The number of alkyl halides is 3. The third kappa shape index (κ3) is 4.58. The number of carbonyl (C=O) groups is 1. The highest BCUT2D eigenvalue weighted by atomic mass is 32.2. The summed E-state index contributed by atoms with van der Waals surface area (Å²) in [4.78, 5) is 13.1. The Morgan fingerprint density at radius 3 is 2.59 bits per heavy atom. The normalized spacial score (nSPS) is 14.8. The monoisotopic (exact) mass is 399 g/mol. The van der Waals surface area contributed by atoms with Crippen molar-refractivity contribution in [1.29, 1.82) is 0 Å². The van der Waals surface area contributed by atoms with E-state index in [-0.39, 0.29) is 18.5 Å². The highest BCUT2D eigenvalue weighted by Crippen LogP contribution is 2.30. The molecule has 3 rings (SSSR count). The summed E-state index contributed by atoms with van der Waals surface area (Å²) in [5.74, 6) is -0.476. The van der Waals surface area contributed by atoms with Crippen molar-refractivity contribution in [3.05, 3.63) is 41.2 Å². The van der Waals surface area contributed by atoms with Crippen molar-refractivity contribution in [2.45, 2.75) is 50.2 Å². The second-order valence-electron chi connectivity index (χ2n) is 7.44. The molecule has 1 aromatic carbocycles. The first-order valence-electron chi connectivity index (χ1n) is 8.42. The zero-order valence-corrected chi connectivity index (χ0v) is 16.0. The molecule has 0 atom stereocenters. The van der Waals surface area contributed by atoms with Crippen LogP contribution in [0.3, 0.4) is 0 Å². The van der Waals surface area contributed by atoms with E-state index in [1.165, 1.54) is 11.9 Å². The largest absolute Gasteiger partial charge is 0.471 e. The van der Waals surface area contributed by atoms with E-state index in [2.05, 4.69) is 9.88 Å². The molecule has 0 bridgehead atoms. The van der Waals surface area contributed by atoms with E-state index in [0.717, 1.165) is 26.7 Å². The number of carbonyl (C=O) groups excluding carboxylic acids is 1. The average Bonchev–Trinajstić information content (AvgIpc) is 3.07. The third-order valence-electron chi connectivity index (χ3n) is 4.24. The molecule has 9 heteroatoms. The van der Waals surface area contributed by atoms with Crippen LogP contribution in [0.4, 0.5) is 19.0 Å². The van der Waals surface area contributed by atoms with Gasteiger partial charge in [-0.05, 0) is 41.6 Å². The predicted molar refractivity (Wildman–Crippen MR) is 96.3 cm³/mol. The van der Waals surface area contributed by atoms with Gasteiger partial charge < -0.3 is 14.1 Å². The van der Waals surface area contributed by atoms with Crippen molar-refractivity contribution in [2.75, 3.05) is 11.3 Å². The Bertz CT molecular complexity index is 843. The van der Waals surface area contributed by atoms with Gasteiger partial charge in [-0.15, -0.1) is 0 Å². The quantitative estimate of drug-likeness (QED) is 0.768. The van der Waals surface area contributed by atoms with E-state index in [4.69, 9.17) is 4.52 Å². The van der Waals surface area contributed by atoms with E-state index >= 15 is 0 Å². The van der Waals surface area contributed by atoms with Gasteiger partial charge in [0.2, 0.25) is 0 Å². The van der Waals surface area contributed by atoms with Crippen LogP contribution in [0.1, 0.15) is 37.7 Å². The Balaban J connectivity index is 1.68. The maximum absolute atomic E-state index is 12.7. The van der Waals surface area contributed by atoms with E-state index < -0.39 is 12.1 Å². The number of anilines is 1. The molecule has 1 aromatic heterocycles. The van der Waals surface area contributed by atoms with Crippen LogP contribution in [0.2, 0.25) is 0 Å². The molecule has 0 saturated carbocycles. The molecule has 5 nitrogen and oxygen atoms in total. The Kier molecular flexibility index (Phi) is 5.16. The van der Waals surface area contributed by atoms with Crippen LogP contribution in [0.25, 0.3) is 0 Å². The fraction of sp³-hybridized carbons (Fsp3) is 0.444. The van der Waals surface area contributed by atoms with Gasteiger partial charge in [0, 0.05) is 29.5 Å². The number of amides is 1. The fourth-order valence-corrected chi connectivity index (χ4v) is 3.39. The molecular weight excluding hydrogens is 379 g/mol. The summed E-state index contributed by atoms with van der Waals surface area (Å²) >= 11 is 1.29. The molecule has 0 aliphatic carbocycles. The van der Waals surface area contributed by atoms with Gasteiger partial charge in [-0.3, -0.25) is 4.79 Å². The highest BCUT2D eigenvalue weighted by Gasteiger charge is 2.43. The van der Waals surface area contributed by atoms with Gasteiger partial charge in [0.15, 0.2) is 5.82 Å². The summed E-state index contributed by atoms with van der Waals surface area (Å²) in [6, 6.07) is 7.39. The Hall–Kier alpha value is -2.16. The lowest BCUT2D eigenvalue weighted by Crippen LogP contribution is -2.43. The second kappa shape index (κ2) is 7.10. The van der Waals surface area contributed by atoms with E-state index in [1.807, 2.05) is 39.0 Å². The number of fused-ring (bicyclic) bond motifs is 1. The Morgan fingerprint density at radius 2 is 1.96 bits per heavy atom. The lowest BCUT2D eigenvalue weighted by atomic mass is 9.93. The molecule has 2 aromatic rings. The number of hydrogen-bond donors (Lipinski definition) is 1. The van der Waals surface area contributed by atoms with Gasteiger partial charge in [-0.2, -0.15) is 13.2 Å². The number of benzene rings is 1. The maximum atomic E-state index is 12.7. The topological polar surface area (TPSA) is 58.4 Å². The van der Waals surface area contributed by atoms with Crippen LogP contribution < -0.4 is 4.72 Å². The first-order valence-corrected chi connectivity index (χ1v) is 9.23. The maximum Gasteiger partial charge on any atom is 0.471 e. The van der Waals surface area contributed by atoms with Crippen molar-refractivity contribution in [2.24, 2.45) is 0 Å². The van der Waals surface area contributed by atoms with Gasteiger partial charge in [-0.1, -0.05) is 32.0 Å². The number of nitrogens with zero attached hydrogens (tertiary/aromatic N) is 2. The molecular formula is C18H20F3N3O2S. The third-order valence-corrected chi connectivity index (χ3v) is 5.04. The molecule has 0 unspecified atom stereocenters. The lowest BCUT2D eigenvalue weighted by Gasteiger charge is -2.29. The van der Waals surface area contributed by atoms with Gasteiger partial charge >= 0.3 is 12.1 Å². The lowest BCUT2D eigenvalue weighted by molar-refractivity contribution is -0.186. The first-order chi connectivity index (χ1) is 12.5. The minimum atomic E-state index is -4.84. The Labute approximate surface area is 159 Å². The fourth-order valence-electron chi connectivity index (χ4n) is 2.74. The highest BCUT2D eigenvalue weighted by molar-refractivity contribution is 8.00. The zero-order valence-electron chi connectivity index (χ0n) is 15.2. The molecule has 146 valence electrons. The molecule has 1 amide bonds. The molecule has 1 N–H and O–H groups in total. The van der Waals surface area contributed by atoms with Crippen molar-refractivity contribution in [3.63, 3.8) is 0 Å². The second-order valence-corrected chi connectivity index (χ2v) is 8.32. The number of aromatic nitrogens is 1. The van der Waals surface area contributed by atoms with Gasteiger partial charge in [0.1, 0.15) is 5.76 Å². The van der Waals surface area contributed by atoms with Crippen molar-refractivity contribution < 1.29 is 22.5 Å². The summed E-state index contributed by atoms with van der Waals surface area (Å²) in [6.45, 7) is 6.08. The van der Waals surface area contributed by atoms with Crippen molar-refractivity contribution >= 4 is 23.7 Å². The molecule has 2 heterocycles. The molecule has 1 aliphatic rings. The van der Waals surface area contributed by atoms with Gasteiger partial charge in [0.25, 0.3) is 0 Å². The van der Waals surface area contributed by atoms with Gasteiger partial charge in [0.05, 0.1) is 0 Å².